The Balaban J connectivity index is 1.43. The second kappa shape index (κ2) is 7.28. The molecule has 7 nitrogen and oxygen atoms in total. The molecule has 2 aromatic heterocycles. The molecule has 0 aliphatic carbocycles. The molecule has 2 N–H and O–H groups in total. The van der Waals surface area contributed by atoms with Gasteiger partial charge in [-0.25, -0.2) is 4.98 Å². The Morgan fingerprint density at radius 2 is 1.92 bits per heavy atom. The Morgan fingerprint density at radius 3 is 2.71 bits per heavy atom. The number of fused-ring (bicyclic) bond motifs is 1. The molecule has 0 spiro atoms. The number of benzene rings is 1. The molecule has 0 saturated carbocycles. The maximum Gasteiger partial charge on any atom is 0.287 e. The summed E-state index contributed by atoms with van der Waals surface area (Å²) in [7, 11) is 0. The van der Waals surface area contributed by atoms with Crippen molar-refractivity contribution in [2.45, 2.75) is 0 Å². The maximum absolute atomic E-state index is 11.7. The first-order valence-corrected chi connectivity index (χ1v) is 7.35. The second-order valence-corrected chi connectivity index (χ2v) is 4.88. The zero-order chi connectivity index (χ0) is 16.8. The van der Waals surface area contributed by atoms with E-state index in [0.29, 0.717) is 24.6 Å². The third-order valence-corrected chi connectivity index (χ3v) is 3.14. The molecule has 0 aliphatic rings. The Bertz CT molecular complexity index is 832. The molecule has 3 rings (SSSR count). The largest absolute Gasteiger partial charge is 0.459 e. The highest BCUT2D eigenvalue weighted by Gasteiger charge is 2.07. The van der Waals surface area contributed by atoms with Gasteiger partial charge in [0.1, 0.15) is 5.52 Å². The molecular weight excluding hydrogens is 310 g/mol. The molecule has 0 saturated heterocycles. The van der Waals surface area contributed by atoms with Gasteiger partial charge in [0.25, 0.3) is 5.91 Å². The quantitative estimate of drug-likeness (QED) is 0.533. The molecule has 0 unspecified atom stereocenters. The van der Waals surface area contributed by atoms with Crippen molar-refractivity contribution >= 4 is 29.0 Å². The van der Waals surface area contributed by atoms with Crippen molar-refractivity contribution in [1.82, 2.24) is 15.6 Å². The number of furan rings is 1. The van der Waals surface area contributed by atoms with E-state index in [-0.39, 0.29) is 17.6 Å². The molecule has 3 aromatic rings. The molecule has 24 heavy (non-hydrogen) atoms. The van der Waals surface area contributed by atoms with Crippen LogP contribution in [0.1, 0.15) is 16.4 Å². The van der Waals surface area contributed by atoms with Crippen LogP contribution in [0.15, 0.2) is 57.6 Å². The van der Waals surface area contributed by atoms with Crippen LogP contribution in [-0.2, 0) is 4.79 Å². The van der Waals surface area contributed by atoms with Crippen LogP contribution < -0.4 is 10.6 Å². The molecule has 122 valence electrons. The van der Waals surface area contributed by atoms with Gasteiger partial charge in [-0.1, -0.05) is 12.1 Å². The van der Waals surface area contributed by atoms with Crippen LogP contribution >= 0.6 is 0 Å². The predicted octanol–water partition coefficient (Wildman–Crippen LogP) is 1.98. The third kappa shape index (κ3) is 3.89. The van der Waals surface area contributed by atoms with Crippen molar-refractivity contribution in [3.05, 3.63) is 60.4 Å². The van der Waals surface area contributed by atoms with E-state index in [1.165, 1.54) is 18.4 Å². The van der Waals surface area contributed by atoms with E-state index < -0.39 is 0 Å². The fraction of sp³-hybridized carbons (Fsp3) is 0.118. The molecule has 0 aliphatic heterocycles. The standard InChI is InChI=1S/C17H15N3O4/c21-15(18-9-10-19-17(22)14-6-3-11-23-14)7-8-16-20-12-4-1-2-5-13(12)24-16/h1-8,11H,9-10H2,(H,18,21)(H,19,22)/b8-7+. The normalized spacial score (nSPS) is 11.0. The van der Waals surface area contributed by atoms with Gasteiger partial charge in [-0.3, -0.25) is 9.59 Å². The highest BCUT2D eigenvalue weighted by atomic mass is 16.3. The number of carbonyl (C=O) groups is 2. The number of hydrogen-bond acceptors (Lipinski definition) is 5. The minimum Gasteiger partial charge on any atom is -0.459 e. The molecule has 0 bridgehead atoms. The summed E-state index contributed by atoms with van der Waals surface area (Å²) in [5.41, 5.74) is 1.40. The van der Waals surface area contributed by atoms with Crippen LogP contribution in [0, 0.1) is 0 Å². The lowest BCUT2D eigenvalue weighted by Crippen LogP contribution is -2.33. The number of amides is 2. The zero-order valence-electron chi connectivity index (χ0n) is 12.7. The van der Waals surface area contributed by atoms with Crippen molar-refractivity contribution in [2.24, 2.45) is 0 Å². The lowest BCUT2D eigenvalue weighted by molar-refractivity contribution is -0.116. The van der Waals surface area contributed by atoms with Crippen molar-refractivity contribution in [2.75, 3.05) is 13.1 Å². The number of carbonyl (C=O) groups excluding carboxylic acids is 2. The third-order valence-electron chi connectivity index (χ3n) is 3.14. The second-order valence-electron chi connectivity index (χ2n) is 4.88. The Kier molecular flexibility index (Phi) is 4.71. The van der Waals surface area contributed by atoms with Crippen molar-refractivity contribution in [3.63, 3.8) is 0 Å². The van der Waals surface area contributed by atoms with E-state index in [1.807, 2.05) is 18.2 Å². The van der Waals surface area contributed by atoms with Gasteiger partial charge in [-0.15, -0.1) is 0 Å². The average Bonchev–Trinajstić information content (AvgIpc) is 3.25. The van der Waals surface area contributed by atoms with Crippen LogP contribution in [0.3, 0.4) is 0 Å². The zero-order valence-corrected chi connectivity index (χ0v) is 12.7. The highest BCUT2D eigenvalue weighted by Crippen LogP contribution is 2.15. The summed E-state index contributed by atoms with van der Waals surface area (Å²) in [6.07, 6.45) is 4.25. The molecule has 0 fully saturated rings. The van der Waals surface area contributed by atoms with Gasteiger partial charge in [-0.05, 0) is 24.3 Å². The molecule has 0 radical (unpaired) electrons. The predicted molar refractivity (Wildman–Crippen MR) is 87.1 cm³/mol. The van der Waals surface area contributed by atoms with Gasteiger partial charge in [0.2, 0.25) is 11.8 Å². The summed E-state index contributed by atoms with van der Waals surface area (Å²) in [4.78, 5) is 27.5. The summed E-state index contributed by atoms with van der Waals surface area (Å²) in [5.74, 6) is -0.0320. The van der Waals surface area contributed by atoms with Crippen molar-refractivity contribution in [1.29, 1.82) is 0 Å². The topological polar surface area (TPSA) is 97.4 Å². The number of aromatic nitrogens is 1. The van der Waals surface area contributed by atoms with E-state index in [2.05, 4.69) is 15.6 Å². The van der Waals surface area contributed by atoms with Gasteiger partial charge in [0.05, 0.1) is 6.26 Å². The minimum atomic E-state index is -0.323. The van der Waals surface area contributed by atoms with Crippen LogP contribution in [0.2, 0.25) is 0 Å². The van der Waals surface area contributed by atoms with E-state index >= 15 is 0 Å². The summed E-state index contributed by atoms with van der Waals surface area (Å²) in [6.45, 7) is 0.588. The molecule has 7 heteroatoms. The average molecular weight is 325 g/mol. The van der Waals surface area contributed by atoms with E-state index in [0.717, 1.165) is 5.52 Å². The molecule has 2 heterocycles. The van der Waals surface area contributed by atoms with Crippen LogP contribution in [0.25, 0.3) is 17.2 Å². The van der Waals surface area contributed by atoms with Crippen LogP contribution in [0.4, 0.5) is 0 Å². The van der Waals surface area contributed by atoms with Gasteiger partial charge >= 0.3 is 0 Å². The Morgan fingerprint density at radius 1 is 1.08 bits per heavy atom. The minimum absolute atomic E-state index is 0.234. The molecular formula is C17H15N3O4. The number of nitrogens with zero attached hydrogens (tertiary/aromatic N) is 1. The number of hydrogen-bond donors (Lipinski definition) is 2. The summed E-state index contributed by atoms with van der Waals surface area (Å²) in [5, 5.41) is 5.28. The van der Waals surface area contributed by atoms with E-state index in [1.54, 1.807) is 18.2 Å². The maximum atomic E-state index is 11.7. The number of oxazole rings is 1. The van der Waals surface area contributed by atoms with Gasteiger partial charge in [-0.2, -0.15) is 0 Å². The van der Waals surface area contributed by atoms with Gasteiger partial charge < -0.3 is 19.5 Å². The summed E-state index contributed by atoms with van der Waals surface area (Å²) < 4.78 is 10.4. The number of nitrogens with one attached hydrogen (secondary N) is 2. The fourth-order valence-corrected chi connectivity index (χ4v) is 2.02. The lowest BCUT2D eigenvalue weighted by Gasteiger charge is -2.03. The molecule has 2 amide bonds. The Labute approximate surface area is 137 Å². The van der Waals surface area contributed by atoms with Crippen LogP contribution in [-0.4, -0.2) is 29.9 Å². The molecule has 1 aromatic carbocycles. The smallest absolute Gasteiger partial charge is 0.287 e. The number of para-hydroxylation sites is 2. The monoisotopic (exact) mass is 325 g/mol. The molecule has 0 atom stereocenters. The van der Waals surface area contributed by atoms with E-state index in [4.69, 9.17) is 8.83 Å². The first-order valence-electron chi connectivity index (χ1n) is 7.35. The Hall–Kier alpha value is -3.35. The SMILES string of the molecule is O=C(/C=C/c1nc2ccccc2o1)NCCNC(=O)c1ccco1. The first kappa shape index (κ1) is 15.5. The van der Waals surface area contributed by atoms with Crippen molar-refractivity contribution in [3.8, 4) is 0 Å². The summed E-state index contributed by atoms with van der Waals surface area (Å²) in [6, 6.07) is 10.6. The van der Waals surface area contributed by atoms with E-state index in [9.17, 15) is 9.59 Å². The summed E-state index contributed by atoms with van der Waals surface area (Å²) >= 11 is 0. The fourth-order valence-electron chi connectivity index (χ4n) is 2.02. The van der Waals surface area contributed by atoms with Crippen LogP contribution in [0.5, 0.6) is 0 Å². The highest BCUT2D eigenvalue weighted by molar-refractivity contribution is 5.92. The number of rotatable bonds is 6. The van der Waals surface area contributed by atoms with Gasteiger partial charge in [0.15, 0.2) is 11.3 Å². The first-order chi connectivity index (χ1) is 11.7. The lowest BCUT2D eigenvalue weighted by atomic mass is 10.3. The van der Waals surface area contributed by atoms with Crippen molar-refractivity contribution < 1.29 is 18.4 Å². The van der Waals surface area contributed by atoms with Gasteiger partial charge in [0, 0.05) is 25.2 Å².